The van der Waals surface area contributed by atoms with E-state index < -0.39 is 11.5 Å². The molecule has 0 atom stereocenters. The van der Waals surface area contributed by atoms with Gasteiger partial charge >= 0.3 is 5.97 Å². The van der Waals surface area contributed by atoms with Crippen LogP contribution in [0, 0.1) is 0 Å². The van der Waals surface area contributed by atoms with Gasteiger partial charge in [0.1, 0.15) is 0 Å². The third-order valence-electron chi connectivity index (χ3n) is 4.53. The van der Waals surface area contributed by atoms with Crippen LogP contribution < -0.4 is 0 Å². The van der Waals surface area contributed by atoms with Crippen LogP contribution in [0.1, 0.15) is 59.2 Å². The van der Waals surface area contributed by atoms with E-state index in [4.69, 9.17) is 0 Å². The van der Waals surface area contributed by atoms with Gasteiger partial charge in [-0.05, 0) is 25.0 Å². The minimum Gasteiger partial charge on any atom is -0.481 e. The first kappa shape index (κ1) is 13.8. The molecule has 21 heavy (non-hydrogen) atoms. The second-order valence-corrected chi connectivity index (χ2v) is 5.85. The number of carboxylic acid groups (broad SMARTS) is 1. The number of imide groups is 1. The van der Waals surface area contributed by atoms with Gasteiger partial charge in [-0.25, -0.2) is 0 Å². The van der Waals surface area contributed by atoms with Crippen LogP contribution in [0.5, 0.6) is 0 Å². The van der Waals surface area contributed by atoms with Crippen molar-refractivity contribution in [3.63, 3.8) is 0 Å². The van der Waals surface area contributed by atoms with E-state index in [-0.39, 0.29) is 18.2 Å². The van der Waals surface area contributed by atoms with E-state index in [1.54, 1.807) is 24.3 Å². The highest BCUT2D eigenvalue weighted by Gasteiger charge is 2.50. The van der Waals surface area contributed by atoms with Crippen LogP contribution in [-0.4, -0.2) is 33.3 Å². The summed E-state index contributed by atoms with van der Waals surface area (Å²) < 4.78 is 0. The topological polar surface area (TPSA) is 74.7 Å². The maximum Gasteiger partial charge on any atom is 0.305 e. The van der Waals surface area contributed by atoms with Crippen molar-refractivity contribution < 1.29 is 19.5 Å². The van der Waals surface area contributed by atoms with Gasteiger partial charge in [-0.3, -0.25) is 19.3 Å². The maximum absolute atomic E-state index is 12.6. The van der Waals surface area contributed by atoms with E-state index in [1.807, 2.05) is 0 Å². The molecule has 3 rings (SSSR count). The summed E-state index contributed by atoms with van der Waals surface area (Å²) in [6, 6.07) is 6.70. The number of rotatable bonds is 3. The number of fused-ring (bicyclic) bond motifs is 1. The van der Waals surface area contributed by atoms with Gasteiger partial charge in [-0.1, -0.05) is 31.4 Å². The van der Waals surface area contributed by atoms with Crippen LogP contribution in [0.25, 0.3) is 0 Å². The number of carbonyl (C=O) groups is 3. The van der Waals surface area contributed by atoms with E-state index in [2.05, 4.69) is 0 Å². The van der Waals surface area contributed by atoms with E-state index in [0.29, 0.717) is 24.0 Å². The second kappa shape index (κ2) is 4.98. The molecule has 0 bridgehead atoms. The molecular weight excluding hydrogens is 270 g/mol. The standard InChI is InChI=1S/C16H17NO4/c18-13(19)10-16(8-4-1-5-9-16)17-14(20)11-6-2-3-7-12(11)15(17)21/h2-3,6-7H,1,4-5,8-10H2,(H,18,19). The van der Waals surface area contributed by atoms with Crippen LogP contribution >= 0.6 is 0 Å². The Hall–Kier alpha value is -2.17. The molecule has 1 saturated carbocycles. The Morgan fingerprint density at radius 1 is 1.05 bits per heavy atom. The zero-order valence-electron chi connectivity index (χ0n) is 11.7. The van der Waals surface area contributed by atoms with Crippen LogP contribution in [-0.2, 0) is 4.79 Å². The van der Waals surface area contributed by atoms with Crippen LogP contribution in [0.4, 0.5) is 0 Å². The second-order valence-electron chi connectivity index (χ2n) is 5.85. The first-order valence-electron chi connectivity index (χ1n) is 7.25. The highest BCUT2D eigenvalue weighted by atomic mass is 16.4. The third kappa shape index (κ3) is 2.13. The lowest BCUT2D eigenvalue weighted by atomic mass is 9.78. The first-order valence-corrected chi connectivity index (χ1v) is 7.25. The summed E-state index contributed by atoms with van der Waals surface area (Å²) in [5.41, 5.74) is -0.0900. The highest BCUT2D eigenvalue weighted by molar-refractivity contribution is 6.22. The smallest absolute Gasteiger partial charge is 0.305 e. The molecule has 5 heteroatoms. The van der Waals surface area contributed by atoms with Gasteiger partial charge in [-0.2, -0.15) is 0 Å². The number of carbonyl (C=O) groups excluding carboxylic acids is 2. The number of benzene rings is 1. The fraction of sp³-hybridized carbons (Fsp3) is 0.438. The molecule has 1 heterocycles. The fourth-order valence-corrected chi connectivity index (χ4v) is 3.59. The molecule has 2 amide bonds. The Bertz CT molecular complexity index is 581. The Labute approximate surface area is 122 Å². The minimum atomic E-state index is -0.964. The van der Waals surface area contributed by atoms with Crippen LogP contribution in [0.3, 0.4) is 0 Å². The van der Waals surface area contributed by atoms with E-state index >= 15 is 0 Å². The van der Waals surface area contributed by atoms with Crippen molar-refractivity contribution in [3.8, 4) is 0 Å². The number of aliphatic carboxylic acids is 1. The van der Waals surface area contributed by atoms with Gasteiger partial charge < -0.3 is 5.11 Å². The minimum absolute atomic E-state index is 0.168. The molecule has 2 aliphatic rings. The van der Waals surface area contributed by atoms with Crippen molar-refractivity contribution in [1.29, 1.82) is 0 Å². The number of nitrogens with zero attached hydrogens (tertiary/aromatic N) is 1. The summed E-state index contributed by atoms with van der Waals surface area (Å²) in [6.45, 7) is 0. The molecule has 0 aromatic heterocycles. The first-order chi connectivity index (χ1) is 10.1. The molecule has 1 aliphatic heterocycles. The van der Waals surface area contributed by atoms with E-state index in [0.717, 1.165) is 19.3 Å². The predicted molar refractivity (Wildman–Crippen MR) is 75.0 cm³/mol. The third-order valence-corrected chi connectivity index (χ3v) is 4.53. The lowest BCUT2D eigenvalue weighted by Gasteiger charge is -2.42. The van der Waals surface area contributed by atoms with E-state index in [9.17, 15) is 19.5 Å². The highest BCUT2D eigenvalue weighted by Crippen LogP contribution is 2.41. The largest absolute Gasteiger partial charge is 0.481 e. The lowest BCUT2D eigenvalue weighted by Crippen LogP contribution is -2.54. The zero-order chi connectivity index (χ0) is 15.0. The molecule has 1 N–H and O–H groups in total. The summed E-state index contributed by atoms with van der Waals surface area (Å²) in [6.07, 6.45) is 3.69. The van der Waals surface area contributed by atoms with Gasteiger partial charge in [0.15, 0.2) is 0 Å². The van der Waals surface area contributed by atoms with Crippen molar-refractivity contribution in [1.82, 2.24) is 4.90 Å². The van der Waals surface area contributed by atoms with Gasteiger partial charge in [0.25, 0.3) is 11.8 Å². The number of carboxylic acids is 1. The predicted octanol–water partition coefficient (Wildman–Crippen LogP) is 2.46. The summed E-state index contributed by atoms with van der Waals surface area (Å²) in [5.74, 6) is -1.66. The number of hydrogen-bond donors (Lipinski definition) is 1. The van der Waals surface area contributed by atoms with Crippen molar-refractivity contribution in [2.45, 2.75) is 44.1 Å². The molecule has 5 nitrogen and oxygen atoms in total. The SMILES string of the molecule is O=C(O)CC1(N2C(=O)c3ccccc3C2=O)CCCCC1. The number of hydrogen-bond acceptors (Lipinski definition) is 3. The Morgan fingerprint density at radius 2 is 1.57 bits per heavy atom. The Kier molecular flexibility index (Phi) is 3.27. The van der Waals surface area contributed by atoms with Crippen LogP contribution in [0.2, 0.25) is 0 Å². The molecule has 0 spiro atoms. The quantitative estimate of drug-likeness (QED) is 0.866. The van der Waals surface area contributed by atoms with Crippen molar-refractivity contribution >= 4 is 17.8 Å². The number of amides is 2. The molecular formula is C16H17NO4. The summed E-state index contributed by atoms with van der Waals surface area (Å²) in [4.78, 5) is 37.7. The molecule has 0 saturated heterocycles. The molecule has 1 aliphatic carbocycles. The summed E-state index contributed by atoms with van der Waals surface area (Å²) >= 11 is 0. The van der Waals surface area contributed by atoms with Gasteiger partial charge in [-0.15, -0.1) is 0 Å². The Morgan fingerprint density at radius 3 is 2.05 bits per heavy atom. The molecule has 0 radical (unpaired) electrons. The molecule has 0 unspecified atom stereocenters. The van der Waals surface area contributed by atoms with Crippen molar-refractivity contribution in [2.75, 3.05) is 0 Å². The fourth-order valence-electron chi connectivity index (χ4n) is 3.59. The molecule has 1 aromatic rings. The molecule has 1 aromatic carbocycles. The maximum atomic E-state index is 12.6. The molecule has 1 fully saturated rings. The lowest BCUT2D eigenvalue weighted by molar-refractivity contribution is -0.140. The summed E-state index contributed by atoms with van der Waals surface area (Å²) in [7, 11) is 0. The Balaban J connectivity index is 2.03. The van der Waals surface area contributed by atoms with E-state index in [1.165, 1.54) is 4.90 Å². The van der Waals surface area contributed by atoms with Crippen LogP contribution in [0.15, 0.2) is 24.3 Å². The van der Waals surface area contributed by atoms with Gasteiger partial charge in [0, 0.05) is 0 Å². The monoisotopic (exact) mass is 287 g/mol. The van der Waals surface area contributed by atoms with Crippen molar-refractivity contribution in [2.24, 2.45) is 0 Å². The average molecular weight is 287 g/mol. The normalized spacial score (nSPS) is 20.5. The van der Waals surface area contributed by atoms with Crippen molar-refractivity contribution in [3.05, 3.63) is 35.4 Å². The average Bonchev–Trinajstić information content (AvgIpc) is 2.72. The zero-order valence-corrected chi connectivity index (χ0v) is 11.7. The van der Waals surface area contributed by atoms with Gasteiger partial charge in [0.2, 0.25) is 0 Å². The molecule has 110 valence electrons. The van der Waals surface area contributed by atoms with Gasteiger partial charge in [0.05, 0.1) is 23.1 Å². The summed E-state index contributed by atoms with van der Waals surface area (Å²) in [5, 5.41) is 9.23.